The van der Waals surface area contributed by atoms with E-state index in [1.54, 1.807) is 12.4 Å². The lowest BCUT2D eigenvalue weighted by Crippen LogP contribution is -2.35. The van der Waals surface area contributed by atoms with Crippen LogP contribution in [-0.4, -0.2) is 15.0 Å². The largest absolute Gasteiger partial charge is 0.255 e. The van der Waals surface area contributed by atoms with Crippen molar-refractivity contribution in [3.05, 3.63) is 135 Å². The molecule has 0 aromatic carbocycles. The van der Waals surface area contributed by atoms with Crippen molar-refractivity contribution in [2.75, 3.05) is 0 Å². The van der Waals surface area contributed by atoms with Gasteiger partial charge in [0.1, 0.15) is 20.1 Å². The first kappa shape index (κ1) is 26.1. The molecule has 6 rings (SSSR count). The molecule has 0 saturated heterocycles. The minimum absolute atomic E-state index is 0.837. The highest BCUT2D eigenvalue weighted by atomic mass is 14.9. The van der Waals surface area contributed by atoms with E-state index in [0.29, 0.717) is 0 Å². The van der Waals surface area contributed by atoms with E-state index in [2.05, 4.69) is 109 Å². The van der Waals surface area contributed by atoms with E-state index in [1.165, 1.54) is 11.1 Å². The Bertz CT molecular complexity index is 1640. The predicted octanol–water partition coefficient (Wildman–Crippen LogP) is 5.42. The van der Waals surface area contributed by atoms with Crippen LogP contribution in [0.15, 0.2) is 135 Å². The molecule has 6 aromatic heterocycles. The van der Waals surface area contributed by atoms with Crippen LogP contribution in [0.2, 0.25) is 0 Å². The summed E-state index contributed by atoms with van der Waals surface area (Å²) >= 11 is 0. The Labute approximate surface area is 240 Å². The molecule has 6 nitrogen and oxygen atoms in total. The fourth-order valence-corrected chi connectivity index (χ4v) is 4.87. The molecule has 0 fully saturated rings. The summed E-state index contributed by atoms with van der Waals surface area (Å²) in [6, 6.07) is 29.0. The molecule has 0 saturated carbocycles. The summed E-state index contributed by atoms with van der Waals surface area (Å²) in [5.41, 5.74) is 8.08. The average Bonchev–Trinajstić information content (AvgIpc) is 3.05. The van der Waals surface area contributed by atoms with Gasteiger partial charge in [0, 0.05) is 61.6 Å². The SMILES string of the molecule is C[n+]1ccc(-c2cc[n+](CCCC[n+]3ccc(-c4cc(-c5ccccn5)nc(-c5ccccn5)c4)cc3)cc2)cc1. The van der Waals surface area contributed by atoms with E-state index in [1.807, 2.05) is 43.4 Å². The zero-order valence-electron chi connectivity index (χ0n) is 23.2. The van der Waals surface area contributed by atoms with Crippen LogP contribution in [0.3, 0.4) is 0 Å². The third kappa shape index (κ3) is 6.56. The Balaban J connectivity index is 1.10. The molecule has 0 aliphatic rings. The molecule has 0 atom stereocenters. The maximum absolute atomic E-state index is 4.88. The van der Waals surface area contributed by atoms with Gasteiger partial charge in [0.25, 0.3) is 0 Å². The van der Waals surface area contributed by atoms with Crippen molar-refractivity contribution in [1.82, 2.24) is 15.0 Å². The van der Waals surface area contributed by atoms with Crippen molar-refractivity contribution < 1.29 is 13.7 Å². The van der Waals surface area contributed by atoms with Gasteiger partial charge in [-0.05, 0) is 58.7 Å². The van der Waals surface area contributed by atoms with E-state index in [0.717, 1.165) is 59.8 Å². The molecule has 0 spiro atoms. The Kier molecular flexibility index (Phi) is 7.90. The lowest BCUT2D eigenvalue weighted by atomic mass is 10.0. The monoisotopic (exact) mass is 537 g/mol. The van der Waals surface area contributed by atoms with E-state index >= 15 is 0 Å². The third-order valence-corrected chi connectivity index (χ3v) is 7.19. The molecule has 6 aromatic rings. The quantitative estimate of drug-likeness (QED) is 0.183. The van der Waals surface area contributed by atoms with Crippen LogP contribution in [-0.2, 0) is 20.1 Å². The summed E-state index contributed by atoms with van der Waals surface area (Å²) in [4.78, 5) is 13.9. The highest BCUT2D eigenvalue weighted by Crippen LogP contribution is 2.28. The summed E-state index contributed by atoms with van der Waals surface area (Å²) < 4.78 is 6.57. The Hall–Kier alpha value is -5.10. The second-order valence-corrected chi connectivity index (χ2v) is 10.2. The smallest absolute Gasteiger partial charge is 0.169 e. The zero-order chi connectivity index (χ0) is 27.9. The number of aromatic nitrogens is 6. The van der Waals surface area contributed by atoms with Crippen LogP contribution in [0.25, 0.3) is 45.0 Å². The number of pyridine rings is 6. The molecule has 0 radical (unpaired) electrons. The lowest BCUT2D eigenvalue weighted by molar-refractivity contribution is -0.708. The van der Waals surface area contributed by atoms with Crippen LogP contribution in [0.1, 0.15) is 12.8 Å². The number of unbranched alkanes of at least 4 members (excludes halogenated alkanes) is 1. The van der Waals surface area contributed by atoms with Crippen molar-refractivity contribution in [1.29, 1.82) is 0 Å². The standard InChI is InChI=1S/C35H33N6/c1-39-20-10-28(11-21-39)29-12-22-40(23-13-29)18-6-7-19-41-24-14-30(15-25-41)31-26-34(32-8-2-4-16-36-32)38-35(27-31)33-9-3-5-17-37-33/h2-5,8-17,20-27H,6-7,18-19H2,1H3/q+3. The molecule has 0 bridgehead atoms. The molecule has 0 N–H and O–H groups in total. The number of nitrogens with zero attached hydrogens (tertiary/aromatic N) is 6. The molecule has 0 amide bonds. The average molecular weight is 538 g/mol. The normalized spacial score (nSPS) is 11.0. The summed E-state index contributed by atoms with van der Waals surface area (Å²) in [5, 5.41) is 0. The van der Waals surface area contributed by atoms with Crippen LogP contribution in [0.4, 0.5) is 0 Å². The van der Waals surface area contributed by atoms with Gasteiger partial charge in [0.15, 0.2) is 37.2 Å². The number of hydrogen-bond donors (Lipinski definition) is 0. The lowest BCUT2D eigenvalue weighted by Gasteiger charge is -2.09. The van der Waals surface area contributed by atoms with Crippen molar-refractivity contribution in [3.63, 3.8) is 0 Å². The highest BCUT2D eigenvalue weighted by molar-refractivity contribution is 5.74. The molecular formula is C35H33N6+3. The summed E-state index contributed by atoms with van der Waals surface area (Å²) in [6.45, 7) is 1.99. The van der Waals surface area contributed by atoms with E-state index in [9.17, 15) is 0 Å². The third-order valence-electron chi connectivity index (χ3n) is 7.19. The van der Waals surface area contributed by atoms with Gasteiger partial charge in [-0.15, -0.1) is 0 Å². The second-order valence-electron chi connectivity index (χ2n) is 10.2. The first-order valence-electron chi connectivity index (χ1n) is 14.0. The Morgan fingerprint density at radius 2 is 0.927 bits per heavy atom. The number of rotatable bonds is 9. The van der Waals surface area contributed by atoms with Crippen LogP contribution in [0.5, 0.6) is 0 Å². The fourth-order valence-electron chi connectivity index (χ4n) is 4.87. The van der Waals surface area contributed by atoms with Gasteiger partial charge >= 0.3 is 0 Å². The summed E-state index contributed by atoms with van der Waals surface area (Å²) in [6.07, 6.45) is 18.7. The molecule has 200 valence electrons. The van der Waals surface area contributed by atoms with Gasteiger partial charge in [-0.25, -0.2) is 18.7 Å². The van der Waals surface area contributed by atoms with Crippen molar-refractivity contribution in [2.45, 2.75) is 25.9 Å². The Morgan fingerprint density at radius 1 is 0.488 bits per heavy atom. The molecular weight excluding hydrogens is 504 g/mol. The van der Waals surface area contributed by atoms with Crippen molar-refractivity contribution in [3.8, 4) is 45.0 Å². The molecule has 41 heavy (non-hydrogen) atoms. The van der Waals surface area contributed by atoms with E-state index in [4.69, 9.17) is 4.98 Å². The van der Waals surface area contributed by atoms with Crippen molar-refractivity contribution in [2.24, 2.45) is 7.05 Å². The van der Waals surface area contributed by atoms with E-state index < -0.39 is 0 Å². The van der Waals surface area contributed by atoms with Gasteiger partial charge in [-0.2, -0.15) is 0 Å². The van der Waals surface area contributed by atoms with Gasteiger partial charge < -0.3 is 0 Å². The zero-order valence-corrected chi connectivity index (χ0v) is 23.2. The first-order chi connectivity index (χ1) is 20.2. The maximum Gasteiger partial charge on any atom is 0.169 e. The second kappa shape index (κ2) is 12.4. The molecule has 6 heterocycles. The summed E-state index contributed by atoms with van der Waals surface area (Å²) in [7, 11) is 2.04. The van der Waals surface area contributed by atoms with Gasteiger partial charge in [-0.3, -0.25) is 9.97 Å². The predicted molar refractivity (Wildman–Crippen MR) is 159 cm³/mol. The molecule has 0 aliphatic carbocycles. The van der Waals surface area contributed by atoms with Crippen LogP contribution < -0.4 is 13.7 Å². The van der Waals surface area contributed by atoms with E-state index in [-0.39, 0.29) is 0 Å². The number of aryl methyl sites for hydroxylation is 3. The minimum atomic E-state index is 0.837. The van der Waals surface area contributed by atoms with Gasteiger partial charge in [0.2, 0.25) is 0 Å². The minimum Gasteiger partial charge on any atom is -0.255 e. The van der Waals surface area contributed by atoms with Gasteiger partial charge in [0.05, 0.1) is 22.8 Å². The Morgan fingerprint density at radius 3 is 1.37 bits per heavy atom. The van der Waals surface area contributed by atoms with Crippen LogP contribution in [0, 0.1) is 0 Å². The topological polar surface area (TPSA) is 50.3 Å². The van der Waals surface area contributed by atoms with Crippen molar-refractivity contribution >= 4 is 0 Å². The summed E-state index contributed by atoms with van der Waals surface area (Å²) in [5.74, 6) is 0. The fraction of sp³-hybridized carbons (Fsp3) is 0.143. The number of hydrogen-bond acceptors (Lipinski definition) is 3. The molecule has 0 aliphatic heterocycles. The first-order valence-corrected chi connectivity index (χ1v) is 14.0. The van der Waals surface area contributed by atoms with Crippen LogP contribution >= 0.6 is 0 Å². The van der Waals surface area contributed by atoms with Gasteiger partial charge in [-0.1, -0.05) is 12.1 Å². The molecule has 6 heteroatoms. The highest BCUT2D eigenvalue weighted by Gasteiger charge is 2.12. The maximum atomic E-state index is 4.88. The molecule has 0 unspecified atom stereocenters.